The molecule has 0 amide bonds. The largest absolute Gasteiger partial charge is 0.355 e. The van der Waals surface area contributed by atoms with Crippen molar-refractivity contribution in [1.29, 1.82) is 0 Å². The fraction of sp³-hybridized carbons (Fsp3) is 0.571. The summed E-state index contributed by atoms with van der Waals surface area (Å²) in [4.78, 5) is 4.84. The number of halogens is 2. The minimum absolute atomic E-state index is 0. The minimum Gasteiger partial charge on any atom is -0.355 e. The summed E-state index contributed by atoms with van der Waals surface area (Å²) >= 11 is 5.99. The van der Waals surface area contributed by atoms with Crippen LogP contribution in [0.5, 0.6) is 0 Å². The molecule has 29 heavy (non-hydrogen) atoms. The van der Waals surface area contributed by atoms with E-state index >= 15 is 0 Å². The first-order valence-corrected chi connectivity index (χ1v) is 10.7. The molecule has 2 saturated carbocycles. The number of guanidine groups is 1. The number of hydrogen-bond acceptors (Lipinski definition) is 3. The lowest BCUT2D eigenvalue weighted by molar-refractivity contribution is 0.387. The van der Waals surface area contributed by atoms with Crippen LogP contribution in [-0.4, -0.2) is 33.3 Å². The van der Waals surface area contributed by atoms with E-state index in [0.717, 1.165) is 53.7 Å². The van der Waals surface area contributed by atoms with Crippen LogP contribution in [0.25, 0.3) is 0 Å². The number of fused-ring (bicyclic) bond motifs is 2. The highest BCUT2D eigenvalue weighted by Gasteiger charge is 2.39. The maximum atomic E-state index is 5.99. The van der Waals surface area contributed by atoms with Crippen molar-refractivity contribution in [3.05, 3.63) is 47.0 Å². The molecule has 1 aromatic carbocycles. The predicted octanol–water partition coefficient (Wildman–Crippen LogP) is 4.04. The van der Waals surface area contributed by atoms with Gasteiger partial charge in [-0.1, -0.05) is 37.1 Å². The summed E-state index contributed by atoms with van der Waals surface area (Å²) in [6.45, 7) is 4.36. The van der Waals surface area contributed by atoms with Gasteiger partial charge in [0.2, 0.25) is 0 Å². The van der Waals surface area contributed by atoms with E-state index in [-0.39, 0.29) is 24.0 Å². The third-order valence-electron chi connectivity index (χ3n) is 6.05. The monoisotopic (exact) mass is 528 g/mol. The Morgan fingerprint density at radius 1 is 1.24 bits per heavy atom. The van der Waals surface area contributed by atoms with Crippen molar-refractivity contribution in [3.8, 4) is 0 Å². The fourth-order valence-corrected chi connectivity index (χ4v) is 4.67. The first-order chi connectivity index (χ1) is 13.7. The Morgan fingerprint density at radius 2 is 2.07 bits per heavy atom. The SMILES string of the molecule is CCc1nncn1CCNC(=NCc1ccc(Cl)cc1)NC1CC2CCC1C2.I. The smallest absolute Gasteiger partial charge is 0.191 e. The Labute approximate surface area is 194 Å². The summed E-state index contributed by atoms with van der Waals surface area (Å²) in [5.41, 5.74) is 1.16. The van der Waals surface area contributed by atoms with Gasteiger partial charge in [0, 0.05) is 30.6 Å². The van der Waals surface area contributed by atoms with Crippen LogP contribution >= 0.6 is 35.6 Å². The van der Waals surface area contributed by atoms with E-state index in [2.05, 4.69) is 32.3 Å². The van der Waals surface area contributed by atoms with Crippen molar-refractivity contribution in [2.45, 2.75) is 58.2 Å². The maximum Gasteiger partial charge on any atom is 0.191 e. The summed E-state index contributed by atoms with van der Waals surface area (Å²) in [6, 6.07) is 8.45. The highest BCUT2D eigenvalue weighted by Crippen LogP contribution is 2.44. The maximum absolute atomic E-state index is 5.99. The highest BCUT2D eigenvalue weighted by molar-refractivity contribution is 14.0. The lowest BCUT2D eigenvalue weighted by Gasteiger charge is -2.25. The van der Waals surface area contributed by atoms with E-state index in [1.165, 1.54) is 25.7 Å². The van der Waals surface area contributed by atoms with Crippen molar-refractivity contribution in [2.75, 3.05) is 6.54 Å². The first kappa shape index (κ1) is 22.3. The van der Waals surface area contributed by atoms with Crippen molar-refractivity contribution in [3.63, 3.8) is 0 Å². The standard InChI is InChI=1S/C21H29ClN6.HI/c1-2-20-27-25-14-28(20)10-9-23-21(24-13-15-4-7-18(22)8-5-15)26-19-12-16-3-6-17(19)11-16;/h4-5,7-8,14,16-17,19H,2-3,6,9-13H2,1H3,(H2,23,24,26);1H. The number of aryl methyl sites for hydroxylation is 1. The van der Waals surface area contributed by atoms with E-state index in [9.17, 15) is 0 Å². The molecule has 1 heterocycles. The van der Waals surface area contributed by atoms with Gasteiger partial charge in [0.05, 0.1) is 6.54 Å². The van der Waals surface area contributed by atoms with E-state index in [1.807, 2.05) is 24.3 Å². The Kier molecular flexibility index (Phi) is 8.17. The molecule has 0 saturated heterocycles. The highest BCUT2D eigenvalue weighted by atomic mass is 127. The van der Waals surface area contributed by atoms with E-state index in [4.69, 9.17) is 16.6 Å². The molecule has 2 aliphatic carbocycles. The molecule has 2 bridgehead atoms. The molecular weight excluding hydrogens is 499 g/mol. The number of aromatic nitrogens is 3. The van der Waals surface area contributed by atoms with Gasteiger partial charge < -0.3 is 15.2 Å². The lowest BCUT2D eigenvalue weighted by Crippen LogP contribution is -2.46. The van der Waals surface area contributed by atoms with Crippen LogP contribution in [0.3, 0.4) is 0 Å². The summed E-state index contributed by atoms with van der Waals surface area (Å²) in [5.74, 6) is 3.63. The summed E-state index contributed by atoms with van der Waals surface area (Å²) in [6.07, 6.45) is 8.10. The number of benzene rings is 1. The molecular formula is C21H30ClIN6. The third kappa shape index (κ3) is 5.84. The zero-order valence-corrected chi connectivity index (χ0v) is 19.9. The Hall–Kier alpha value is -1.35. The Bertz CT molecular complexity index is 806. The first-order valence-electron chi connectivity index (χ1n) is 10.4. The Morgan fingerprint density at radius 3 is 2.76 bits per heavy atom. The topological polar surface area (TPSA) is 67.1 Å². The van der Waals surface area contributed by atoms with Crippen molar-refractivity contribution in [2.24, 2.45) is 16.8 Å². The van der Waals surface area contributed by atoms with Gasteiger partial charge in [0.25, 0.3) is 0 Å². The van der Waals surface area contributed by atoms with Crippen LogP contribution in [-0.2, 0) is 19.5 Å². The van der Waals surface area contributed by atoms with Crippen LogP contribution in [0.15, 0.2) is 35.6 Å². The molecule has 6 nitrogen and oxygen atoms in total. The number of aliphatic imine (C=N–C) groups is 1. The van der Waals surface area contributed by atoms with Crippen molar-refractivity contribution >= 4 is 41.5 Å². The molecule has 3 atom stereocenters. The molecule has 2 aromatic rings. The van der Waals surface area contributed by atoms with Crippen LogP contribution in [0, 0.1) is 11.8 Å². The molecule has 1 aromatic heterocycles. The minimum atomic E-state index is 0. The molecule has 2 fully saturated rings. The molecule has 158 valence electrons. The fourth-order valence-electron chi connectivity index (χ4n) is 4.54. The average Bonchev–Trinajstić information content (AvgIpc) is 3.44. The molecule has 2 aliphatic rings. The van der Waals surface area contributed by atoms with Gasteiger partial charge in [-0.2, -0.15) is 0 Å². The van der Waals surface area contributed by atoms with Crippen LogP contribution in [0.2, 0.25) is 5.02 Å². The zero-order valence-electron chi connectivity index (χ0n) is 16.9. The predicted molar refractivity (Wildman–Crippen MR) is 128 cm³/mol. The summed E-state index contributed by atoms with van der Waals surface area (Å²) < 4.78 is 2.10. The molecule has 8 heteroatoms. The quantitative estimate of drug-likeness (QED) is 0.323. The number of nitrogens with zero attached hydrogens (tertiary/aromatic N) is 4. The van der Waals surface area contributed by atoms with Crippen molar-refractivity contribution < 1.29 is 0 Å². The van der Waals surface area contributed by atoms with Crippen molar-refractivity contribution in [1.82, 2.24) is 25.4 Å². The molecule has 0 aliphatic heterocycles. The normalized spacial score (nSPS) is 23.1. The van der Waals surface area contributed by atoms with Crippen LogP contribution in [0.1, 0.15) is 44.0 Å². The summed E-state index contributed by atoms with van der Waals surface area (Å²) in [7, 11) is 0. The molecule has 0 spiro atoms. The van der Waals surface area contributed by atoms with Gasteiger partial charge in [0.15, 0.2) is 5.96 Å². The van der Waals surface area contributed by atoms with E-state index in [0.29, 0.717) is 12.6 Å². The lowest BCUT2D eigenvalue weighted by atomic mass is 9.95. The average molecular weight is 529 g/mol. The molecule has 2 N–H and O–H groups in total. The zero-order chi connectivity index (χ0) is 19.3. The Balaban J connectivity index is 0.00000240. The van der Waals surface area contributed by atoms with Crippen LogP contribution < -0.4 is 10.6 Å². The number of hydrogen-bond donors (Lipinski definition) is 2. The van der Waals surface area contributed by atoms with E-state index < -0.39 is 0 Å². The van der Waals surface area contributed by atoms with Gasteiger partial charge in [-0.3, -0.25) is 0 Å². The van der Waals surface area contributed by atoms with Crippen LogP contribution in [0.4, 0.5) is 0 Å². The van der Waals surface area contributed by atoms with Gasteiger partial charge in [-0.25, -0.2) is 4.99 Å². The molecule has 4 rings (SSSR count). The van der Waals surface area contributed by atoms with Gasteiger partial charge >= 0.3 is 0 Å². The van der Waals surface area contributed by atoms with Gasteiger partial charge in [0.1, 0.15) is 12.2 Å². The summed E-state index contributed by atoms with van der Waals surface area (Å²) in [5, 5.41) is 16.1. The number of rotatable bonds is 7. The second-order valence-corrected chi connectivity index (χ2v) is 8.37. The molecule has 3 unspecified atom stereocenters. The number of nitrogens with one attached hydrogen (secondary N) is 2. The van der Waals surface area contributed by atoms with Gasteiger partial charge in [-0.15, -0.1) is 34.2 Å². The molecule has 0 radical (unpaired) electrons. The van der Waals surface area contributed by atoms with Gasteiger partial charge in [-0.05, 0) is 48.8 Å². The second-order valence-electron chi connectivity index (χ2n) is 7.94. The second kappa shape index (κ2) is 10.6. The third-order valence-corrected chi connectivity index (χ3v) is 6.30. The van der Waals surface area contributed by atoms with E-state index in [1.54, 1.807) is 6.33 Å².